The average molecular weight is 473 g/mol. The van der Waals surface area contributed by atoms with Crippen LogP contribution in [0.25, 0.3) is 10.9 Å². The zero-order valence-electron chi connectivity index (χ0n) is 20.4. The second kappa shape index (κ2) is 10.5. The molecule has 0 radical (unpaired) electrons. The number of nitrogens with zero attached hydrogens (tertiary/aromatic N) is 5. The molecule has 2 aromatic heterocycles. The van der Waals surface area contributed by atoms with Crippen molar-refractivity contribution in [3.8, 4) is 0 Å². The van der Waals surface area contributed by atoms with Gasteiger partial charge in [0, 0.05) is 30.8 Å². The summed E-state index contributed by atoms with van der Waals surface area (Å²) in [6, 6.07) is 18.3. The Morgan fingerprint density at radius 3 is 2.83 bits per heavy atom. The van der Waals surface area contributed by atoms with E-state index in [1.807, 2.05) is 41.1 Å². The van der Waals surface area contributed by atoms with Crippen LogP contribution in [0.15, 0.2) is 59.4 Å². The Morgan fingerprint density at radius 1 is 1.20 bits per heavy atom. The summed E-state index contributed by atoms with van der Waals surface area (Å²) >= 11 is 0. The van der Waals surface area contributed by atoms with Crippen LogP contribution in [-0.2, 0) is 17.8 Å². The van der Waals surface area contributed by atoms with Crippen molar-refractivity contribution in [2.75, 3.05) is 13.2 Å². The number of rotatable bonds is 9. The van der Waals surface area contributed by atoms with Crippen molar-refractivity contribution in [2.24, 2.45) is 0 Å². The molecule has 0 bridgehead atoms. The van der Waals surface area contributed by atoms with Crippen LogP contribution in [0.4, 0.5) is 0 Å². The van der Waals surface area contributed by atoms with Gasteiger partial charge in [0.25, 0.3) is 5.56 Å². The summed E-state index contributed by atoms with van der Waals surface area (Å²) in [6.07, 6.45) is 3.04. The summed E-state index contributed by atoms with van der Waals surface area (Å²) < 4.78 is 7.86. The van der Waals surface area contributed by atoms with Gasteiger partial charge in [-0.15, -0.1) is 5.10 Å². The molecule has 0 saturated carbocycles. The third kappa shape index (κ3) is 5.33. The molecule has 1 fully saturated rings. The van der Waals surface area contributed by atoms with Gasteiger partial charge in [-0.2, -0.15) is 0 Å². The zero-order chi connectivity index (χ0) is 24.2. The Kier molecular flexibility index (Phi) is 7.01. The van der Waals surface area contributed by atoms with Gasteiger partial charge in [0.1, 0.15) is 0 Å². The second-order valence-electron chi connectivity index (χ2n) is 9.38. The number of aromatic amines is 1. The van der Waals surface area contributed by atoms with Crippen molar-refractivity contribution in [3.05, 3.63) is 87.5 Å². The van der Waals surface area contributed by atoms with Crippen LogP contribution >= 0.6 is 0 Å². The molecule has 2 unspecified atom stereocenters. The van der Waals surface area contributed by atoms with Crippen LogP contribution in [0, 0.1) is 6.92 Å². The van der Waals surface area contributed by atoms with Crippen molar-refractivity contribution >= 4 is 10.9 Å². The van der Waals surface area contributed by atoms with Gasteiger partial charge in [0.05, 0.1) is 18.7 Å². The molecule has 0 amide bonds. The summed E-state index contributed by atoms with van der Waals surface area (Å²) in [5.41, 5.74) is 3.84. The molecule has 3 heterocycles. The Labute approximate surface area is 204 Å². The number of aryl methyl sites for hydroxylation is 1. The van der Waals surface area contributed by atoms with Crippen LogP contribution in [0.3, 0.4) is 0 Å². The lowest BCUT2D eigenvalue weighted by atomic mass is 10.1. The number of benzene rings is 2. The SMILES string of the molecule is CCC(c1nnnn1Cc1ccccc1)N(Cc1cc2cc(C)ccc2[nH]c1=O)CC1CCCO1. The third-order valence-corrected chi connectivity index (χ3v) is 6.77. The number of pyridine rings is 1. The predicted molar refractivity (Wildman–Crippen MR) is 135 cm³/mol. The van der Waals surface area contributed by atoms with Crippen LogP contribution in [0.1, 0.15) is 54.7 Å². The van der Waals surface area contributed by atoms with Crippen LogP contribution in [0.5, 0.6) is 0 Å². The molecule has 2 atom stereocenters. The summed E-state index contributed by atoms with van der Waals surface area (Å²) in [7, 11) is 0. The molecule has 35 heavy (non-hydrogen) atoms. The molecule has 8 heteroatoms. The summed E-state index contributed by atoms with van der Waals surface area (Å²) in [6.45, 7) is 6.81. The minimum absolute atomic E-state index is 0.0504. The Hall–Kier alpha value is -3.36. The predicted octanol–water partition coefficient (Wildman–Crippen LogP) is 4.00. The summed E-state index contributed by atoms with van der Waals surface area (Å²) in [4.78, 5) is 18.4. The van der Waals surface area contributed by atoms with E-state index in [2.05, 4.69) is 57.5 Å². The number of tetrazole rings is 1. The maximum Gasteiger partial charge on any atom is 0.252 e. The van der Waals surface area contributed by atoms with E-state index in [4.69, 9.17) is 4.74 Å². The van der Waals surface area contributed by atoms with Gasteiger partial charge >= 0.3 is 0 Å². The number of fused-ring (bicyclic) bond motifs is 1. The highest BCUT2D eigenvalue weighted by Crippen LogP contribution is 2.27. The molecule has 1 aliphatic rings. The largest absolute Gasteiger partial charge is 0.377 e. The molecular weight excluding hydrogens is 440 g/mol. The smallest absolute Gasteiger partial charge is 0.252 e. The first kappa shape index (κ1) is 23.4. The molecule has 1 N–H and O–H groups in total. The number of aromatic nitrogens is 5. The van der Waals surface area contributed by atoms with Crippen molar-refractivity contribution in [2.45, 2.75) is 58.3 Å². The molecule has 5 rings (SSSR count). The van der Waals surface area contributed by atoms with Crippen molar-refractivity contribution in [3.63, 3.8) is 0 Å². The van der Waals surface area contributed by atoms with E-state index in [1.54, 1.807) is 0 Å². The third-order valence-electron chi connectivity index (χ3n) is 6.77. The topological polar surface area (TPSA) is 88.9 Å². The van der Waals surface area contributed by atoms with Gasteiger partial charge in [0.15, 0.2) is 5.82 Å². The molecule has 2 aromatic carbocycles. The molecule has 4 aromatic rings. The van der Waals surface area contributed by atoms with E-state index in [1.165, 1.54) is 5.56 Å². The fourth-order valence-electron chi connectivity index (χ4n) is 4.98. The van der Waals surface area contributed by atoms with Crippen LogP contribution in [-0.4, -0.2) is 49.3 Å². The van der Waals surface area contributed by atoms with Crippen molar-refractivity contribution in [1.29, 1.82) is 0 Å². The number of hydrogen-bond acceptors (Lipinski definition) is 6. The van der Waals surface area contributed by atoms with Gasteiger partial charge in [0.2, 0.25) is 0 Å². The number of ether oxygens (including phenoxy) is 1. The molecule has 0 spiro atoms. The minimum atomic E-state index is -0.0579. The van der Waals surface area contributed by atoms with E-state index >= 15 is 0 Å². The Balaban J connectivity index is 1.48. The van der Waals surface area contributed by atoms with Gasteiger partial charge < -0.3 is 9.72 Å². The molecule has 1 saturated heterocycles. The molecular formula is C27H32N6O2. The fourth-order valence-corrected chi connectivity index (χ4v) is 4.98. The molecule has 0 aliphatic carbocycles. The first-order valence-electron chi connectivity index (χ1n) is 12.4. The highest BCUT2D eigenvalue weighted by Gasteiger charge is 2.29. The summed E-state index contributed by atoms with van der Waals surface area (Å²) in [5.74, 6) is 0.808. The fraction of sp³-hybridized carbons (Fsp3) is 0.407. The number of H-pyrrole nitrogens is 1. The number of nitrogens with one attached hydrogen (secondary N) is 1. The molecule has 1 aliphatic heterocycles. The maximum absolute atomic E-state index is 13.0. The lowest BCUT2D eigenvalue weighted by Crippen LogP contribution is -2.37. The second-order valence-corrected chi connectivity index (χ2v) is 9.38. The first-order chi connectivity index (χ1) is 17.1. The van der Waals surface area contributed by atoms with Gasteiger partial charge in [-0.3, -0.25) is 9.69 Å². The highest BCUT2D eigenvalue weighted by molar-refractivity contribution is 5.79. The highest BCUT2D eigenvalue weighted by atomic mass is 16.5. The lowest BCUT2D eigenvalue weighted by molar-refractivity contribution is 0.0489. The van der Waals surface area contributed by atoms with Gasteiger partial charge in [-0.05, 0) is 65.8 Å². The van der Waals surface area contributed by atoms with E-state index in [-0.39, 0.29) is 17.7 Å². The normalized spacial score (nSPS) is 16.8. The lowest BCUT2D eigenvalue weighted by Gasteiger charge is -2.32. The first-order valence-corrected chi connectivity index (χ1v) is 12.4. The van der Waals surface area contributed by atoms with E-state index in [0.717, 1.165) is 60.3 Å². The molecule has 182 valence electrons. The standard InChI is InChI=1S/C27H32N6O2/c1-3-25(26-29-30-31-33(26)16-20-8-5-4-6-9-20)32(18-23-10-7-13-35-23)17-22-15-21-14-19(2)11-12-24(21)28-27(22)34/h4-6,8-9,11-12,14-15,23,25H,3,7,10,13,16-18H2,1-2H3,(H,28,34). The average Bonchev–Trinajstić information content (AvgIpc) is 3.54. The van der Waals surface area contributed by atoms with E-state index in [0.29, 0.717) is 13.1 Å². The summed E-state index contributed by atoms with van der Waals surface area (Å²) in [5, 5.41) is 13.8. The minimum Gasteiger partial charge on any atom is -0.377 e. The van der Waals surface area contributed by atoms with Crippen molar-refractivity contribution in [1.82, 2.24) is 30.1 Å². The molecule has 8 nitrogen and oxygen atoms in total. The van der Waals surface area contributed by atoms with E-state index in [9.17, 15) is 4.79 Å². The maximum atomic E-state index is 13.0. The van der Waals surface area contributed by atoms with Crippen LogP contribution in [0.2, 0.25) is 0 Å². The van der Waals surface area contributed by atoms with Crippen LogP contribution < -0.4 is 5.56 Å². The van der Waals surface area contributed by atoms with Crippen molar-refractivity contribution < 1.29 is 4.74 Å². The Bertz CT molecular complexity index is 1330. The Morgan fingerprint density at radius 2 is 2.06 bits per heavy atom. The number of hydrogen-bond donors (Lipinski definition) is 1. The van der Waals surface area contributed by atoms with Gasteiger partial charge in [-0.1, -0.05) is 48.9 Å². The quantitative estimate of drug-likeness (QED) is 0.396. The monoisotopic (exact) mass is 472 g/mol. The van der Waals surface area contributed by atoms with E-state index < -0.39 is 0 Å². The zero-order valence-corrected chi connectivity index (χ0v) is 20.4. The van der Waals surface area contributed by atoms with Gasteiger partial charge in [-0.25, -0.2) is 4.68 Å².